The molecule has 1 heterocycles. The number of nitrogens with zero attached hydrogens (tertiary/aromatic N) is 1. The van der Waals surface area contributed by atoms with Crippen molar-refractivity contribution in [2.75, 3.05) is 0 Å². The number of nitrogens with one attached hydrogen (secondary N) is 2. The molecule has 1 aromatic rings. The molecule has 0 bridgehead atoms. The Morgan fingerprint density at radius 1 is 1.38 bits per heavy atom. The normalized spacial score (nSPS) is 20.8. The predicted octanol–water partition coefficient (Wildman–Crippen LogP) is 1.41. The van der Waals surface area contributed by atoms with Crippen LogP contribution in [0.3, 0.4) is 0 Å². The Morgan fingerprint density at radius 2 is 2.06 bits per heavy atom. The molecule has 1 saturated carbocycles. The van der Waals surface area contributed by atoms with Crippen LogP contribution in [0.15, 0.2) is 17.6 Å². The minimum Gasteiger partial charge on any atom is -0.335 e. The largest absolute Gasteiger partial charge is 0.335 e. The van der Waals surface area contributed by atoms with Crippen LogP contribution in [0.5, 0.6) is 0 Å². The summed E-state index contributed by atoms with van der Waals surface area (Å²) in [5.41, 5.74) is -0.303. The third kappa shape index (κ3) is 2.44. The van der Waals surface area contributed by atoms with Crippen LogP contribution in [0, 0.1) is 0 Å². The van der Waals surface area contributed by atoms with Crippen LogP contribution in [0.2, 0.25) is 0 Å². The summed E-state index contributed by atoms with van der Waals surface area (Å²) in [6.07, 6.45) is 7.87. The van der Waals surface area contributed by atoms with Crippen LogP contribution < -0.4 is 4.72 Å². The van der Waals surface area contributed by atoms with Crippen molar-refractivity contribution >= 4 is 10.0 Å². The van der Waals surface area contributed by atoms with Crippen LogP contribution in [0.1, 0.15) is 39.0 Å². The maximum Gasteiger partial charge on any atom is 0.258 e. The van der Waals surface area contributed by atoms with Gasteiger partial charge in [-0.15, -0.1) is 0 Å². The van der Waals surface area contributed by atoms with Crippen LogP contribution in [-0.4, -0.2) is 23.9 Å². The van der Waals surface area contributed by atoms with Crippen LogP contribution in [0.4, 0.5) is 0 Å². The minimum absolute atomic E-state index is 0.138. The van der Waals surface area contributed by atoms with Gasteiger partial charge in [0.05, 0.1) is 12.5 Å². The molecule has 1 fully saturated rings. The summed E-state index contributed by atoms with van der Waals surface area (Å²) in [4.78, 5) is 6.35. The molecule has 1 aliphatic carbocycles. The van der Waals surface area contributed by atoms with Crippen molar-refractivity contribution in [1.29, 1.82) is 0 Å². The van der Waals surface area contributed by atoms with Crippen LogP contribution >= 0.6 is 0 Å². The van der Waals surface area contributed by atoms with E-state index in [4.69, 9.17) is 0 Å². The molecule has 0 aromatic carbocycles. The summed E-state index contributed by atoms with van der Waals surface area (Å²) in [5.74, 6) is 0. The highest BCUT2D eigenvalue weighted by Crippen LogP contribution is 2.28. The SMILES string of the molecule is CC1(NS(=O)(=O)c2cnc[nH]2)CCCCC1. The summed E-state index contributed by atoms with van der Waals surface area (Å²) in [6.45, 7) is 1.97. The van der Waals surface area contributed by atoms with Crippen molar-refractivity contribution in [2.24, 2.45) is 0 Å². The van der Waals surface area contributed by atoms with Crippen molar-refractivity contribution in [1.82, 2.24) is 14.7 Å². The monoisotopic (exact) mass is 243 g/mol. The molecule has 90 valence electrons. The Bertz CT molecular complexity index is 433. The molecular formula is C10H17N3O2S. The molecule has 5 nitrogen and oxygen atoms in total. The lowest BCUT2D eigenvalue weighted by Crippen LogP contribution is -2.47. The van der Waals surface area contributed by atoms with Gasteiger partial charge in [0.15, 0.2) is 5.03 Å². The number of H-pyrrole nitrogens is 1. The van der Waals surface area contributed by atoms with E-state index in [2.05, 4.69) is 14.7 Å². The fourth-order valence-electron chi connectivity index (χ4n) is 2.20. The van der Waals surface area contributed by atoms with Gasteiger partial charge in [-0.05, 0) is 19.8 Å². The zero-order valence-electron chi connectivity index (χ0n) is 9.36. The average molecular weight is 243 g/mol. The second-order valence-corrected chi connectivity index (χ2v) is 6.29. The second kappa shape index (κ2) is 4.18. The molecule has 0 aliphatic heterocycles. The molecule has 2 rings (SSSR count). The lowest BCUT2D eigenvalue weighted by atomic mass is 9.84. The first-order valence-corrected chi connectivity index (χ1v) is 7.03. The van der Waals surface area contributed by atoms with E-state index in [0.29, 0.717) is 0 Å². The first-order chi connectivity index (χ1) is 7.52. The molecule has 1 aliphatic rings. The quantitative estimate of drug-likeness (QED) is 0.843. The molecule has 0 spiro atoms. The zero-order valence-corrected chi connectivity index (χ0v) is 10.2. The number of aromatic amines is 1. The fourth-order valence-corrected chi connectivity index (χ4v) is 3.57. The average Bonchev–Trinajstić information content (AvgIpc) is 2.70. The Balaban J connectivity index is 2.14. The van der Waals surface area contributed by atoms with Gasteiger partial charge in [-0.2, -0.15) is 0 Å². The Hall–Kier alpha value is -0.880. The number of aromatic nitrogens is 2. The summed E-state index contributed by atoms with van der Waals surface area (Å²) in [5, 5.41) is 0.138. The van der Waals surface area contributed by atoms with Gasteiger partial charge in [0.25, 0.3) is 10.0 Å². The maximum atomic E-state index is 12.0. The second-order valence-electron chi connectivity index (χ2n) is 4.64. The molecule has 0 radical (unpaired) electrons. The fraction of sp³-hybridized carbons (Fsp3) is 0.700. The number of imidazole rings is 1. The first kappa shape index (κ1) is 11.6. The minimum atomic E-state index is -3.44. The summed E-state index contributed by atoms with van der Waals surface area (Å²) >= 11 is 0. The topological polar surface area (TPSA) is 74.8 Å². The maximum absolute atomic E-state index is 12.0. The first-order valence-electron chi connectivity index (χ1n) is 5.54. The summed E-state index contributed by atoms with van der Waals surface area (Å²) in [7, 11) is -3.44. The van der Waals surface area contributed by atoms with Gasteiger partial charge in [0, 0.05) is 5.54 Å². The van der Waals surface area contributed by atoms with E-state index in [-0.39, 0.29) is 10.6 Å². The third-order valence-electron chi connectivity index (χ3n) is 3.10. The Morgan fingerprint density at radius 3 is 2.62 bits per heavy atom. The van der Waals surface area contributed by atoms with Gasteiger partial charge in [-0.25, -0.2) is 18.1 Å². The van der Waals surface area contributed by atoms with Gasteiger partial charge in [-0.1, -0.05) is 19.3 Å². The molecular weight excluding hydrogens is 226 g/mol. The van der Waals surface area contributed by atoms with Crippen molar-refractivity contribution in [3.63, 3.8) is 0 Å². The van der Waals surface area contributed by atoms with Gasteiger partial charge >= 0.3 is 0 Å². The van der Waals surface area contributed by atoms with Gasteiger partial charge in [0.2, 0.25) is 0 Å². The molecule has 1 aromatic heterocycles. The van der Waals surface area contributed by atoms with Gasteiger partial charge < -0.3 is 4.98 Å². The van der Waals surface area contributed by atoms with Crippen LogP contribution in [0.25, 0.3) is 0 Å². The van der Waals surface area contributed by atoms with E-state index < -0.39 is 10.0 Å². The Kier molecular flexibility index (Phi) is 3.03. The third-order valence-corrected chi connectivity index (χ3v) is 4.66. The molecule has 16 heavy (non-hydrogen) atoms. The Labute approximate surface area is 95.7 Å². The number of hydrogen-bond acceptors (Lipinski definition) is 3. The number of hydrogen-bond donors (Lipinski definition) is 2. The van der Waals surface area contributed by atoms with Crippen molar-refractivity contribution in [3.05, 3.63) is 12.5 Å². The lowest BCUT2D eigenvalue weighted by Gasteiger charge is -2.33. The molecule has 0 saturated heterocycles. The van der Waals surface area contributed by atoms with Crippen LogP contribution in [-0.2, 0) is 10.0 Å². The highest BCUT2D eigenvalue weighted by atomic mass is 32.2. The zero-order chi connectivity index (χ0) is 11.6. The van der Waals surface area contributed by atoms with E-state index in [0.717, 1.165) is 25.7 Å². The highest BCUT2D eigenvalue weighted by molar-refractivity contribution is 7.89. The molecule has 0 unspecified atom stereocenters. The van der Waals surface area contributed by atoms with E-state index in [1.807, 2.05) is 6.92 Å². The number of sulfonamides is 1. The van der Waals surface area contributed by atoms with E-state index in [9.17, 15) is 8.42 Å². The summed E-state index contributed by atoms with van der Waals surface area (Å²) in [6, 6.07) is 0. The van der Waals surface area contributed by atoms with E-state index >= 15 is 0 Å². The number of rotatable bonds is 3. The van der Waals surface area contributed by atoms with Crippen molar-refractivity contribution in [3.8, 4) is 0 Å². The molecule has 2 N–H and O–H groups in total. The smallest absolute Gasteiger partial charge is 0.258 e. The van der Waals surface area contributed by atoms with Crippen molar-refractivity contribution in [2.45, 2.75) is 49.6 Å². The van der Waals surface area contributed by atoms with E-state index in [1.54, 1.807) is 0 Å². The predicted molar refractivity (Wildman–Crippen MR) is 60.4 cm³/mol. The summed E-state index contributed by atoms with van der Waals surface area (Å²) < 4.78 is 26.7. The molecule has 0 amide bonds. The molecule has 6 heteroatoms. The lowest BCUT2D eigenvalue weighted by molar-refractivity contribution is 0.293. The van der Waals surface area contributed by atoms with Gasteiger partial charge in [-0.3, -0.25) is 0 Å². The molecule has 0 atom stereocenters. The van der Waals surface area contributed by atoms with Gasteiger partial charge in [0.1, 0.15) is 0 Å². The van der Waals surface area contributed by atoms with Crippen molar-refractivity contribution < 1.29 is 8.42 Å². The standard InChI is InChI=1S/C10H17N3O2S/c1-10(5-3-2-4-6-10)13-16(14,15)9-7-11-8-12-9/h7-8,13H,2-6H2,1H3,(H,11,12). The van der Waals surface area contributed by atoms with E-state index in [1.165, 1.54) is 18.9 Å². The highest BCUT2D eigenvalue weighted by Gasteiger charge is 2.32.